The number of nitrogens with zero attached hydrogens (tertiary/aromatic N) is 1. The molecule has 0 spiro atoms. The molecule has 2 fully saturated rings. The fraction of sp³-hybridized carbons (Fsp3) is 0.600. The van der Waals surface area contributed by atoms with Crippen LogP contribution < -0.4 is 0 Å². The molecule has 4 heteroatoms. The minimum Gasteiger partial charge on any atom is -0.448 e. The van der Waals surface area contributed by atoms with E-state index in [2.05, 4.69) is 4.74 Å². The third-order valence-corrected chi connectivity index (χ3v) is 1.97. The Kier molecular flexibility index (Phi) is 4.14. The highest BCUT2D eigenvalue weighted by Gasteiger charge is 2.31. The van der Waals surface area contributed by atoms with Gasteiger partial charge in [-0.1, -0.05) is 5.57 Å². The molecule has 14 heavy (non-hydrogen) atoms. The molecule has 0 bridgehead atoms. The van der Waals surface area contributed by atoms with E-state index in [1.165, 1.54) is 5.57 Å². The van der Waals surface area contributed by atoms with Gasteiger partial charge in [-0.25, -0.2) is 4.79 Å². The van der Waals surface area contributed by atoms with Crippen molar-refractivity contribution < 1.29 is 14.3 Å². The topological polar surface area (TPSA) is 62.6 Å². The van der Waals surface area contributed by atoms with Gasteiger partial charge in [0.2, 0.25) is 0 Å². The van der Waals surface area contributed by atoms with Crippen LogP contribution in [-0.2, 0) is 14.3 Å². The quantitative estimate of drug-likeness (QED) is 0.430. The molecular formula is C10H13NO3. The van der Waals surface area contributed by atoms with Crippen LogP contribution in [0, 0.1) is 11.3 Å². The van der Waals surface area contributed by atoms with Gasteiger partial charge in [0.1, 0.15) is 0 Å². The molecule has 2 aliphatic heterocycles. The number of carbonyl (C=O) groups excluding carboxylic acids is 1. The van der Waals surface area contributed by atoms with Crippen LogP contribution in [0.5, 0.6) is 0 Å². The molecule has 0 saturated carbocycles. The maximum absolute atomic E-state index is 9.66. The minimum atomic E-state index is -0.0880. The van der Waals surface area contributed by atoms with Crippen molar-refractivity contribution in [2.45, 2.75) is 25.9 Å². The summed E-state index contributed by atoms with van der Waals surface area (Å²) >= 11 is 0. The number of allylic oxidation sites excluding steroid dienone is 1. The number of ether oxygens (including phenoxy) is 2. The van der Waals surface area contributed by atoms with E-state index in [9.17, 15) is 4.79 Å². The van der Waals surface area contributed by atoms with Gasteiger partial charge in [0, 0.05) is 6.08 Å². The molecule has 0 aromatic carbocycles. The molecule has 0 aromatic rings. The first-order chi connectivity index (χ1) is 6.74. The molecule has 1 atom stereocenters. The highest BCUT2D eigenvalue weighted by molar-refractivity contribution is 5.86. The first kappa shape index (κ1) is 10.7. The van der Waals surface area contributed by atoms with Crippen LogP contribution in [-0.4, -0.2) is 25.3 Å². The van der Waals surface area contributed by atoms with E-state index in [-0.39, 0.29) is 12.1 Å². The van der Waals surface area contributed by atoms with Crippen LogP contribution >= 0.6 is 0 Å². The zero-order valence-corrected chi connectivity index (χ0v) is 8.16. The summed E-state index contributed by atoms with van der Waals surface area (Å²) in [5.74, 6) is -0.0787. The Morgan fingerprint density at radius 3 is 2.36 bits per heavy atom. The number of hydrogen-bond donors (Lipinski definition) is 0. The molecule has 1 unspecified atom stereocenters. The zero-order chi connectivity index (χ0) is 10.4. The summed E-state index contributed by atoms with van der Waals surface area (Å²) in [5.41, 5.74) is 1.23. The minimum absolute atomic E-state index is 0.0787. The largest absolute Gasteiger partial charge is 0.448 e. The summed E-state index contributed by atoms with van der Waals surface area (Å²) in [6, 6.07) is 2.02. The molecule has 4 nitrogen and oxygen atoms in total. The van der Waals surface area contributed by atoms with Crippen molar-refractivity contribution in [2.24, 2.45) is 0 Å². The van der Waals surface area contributed by atoms with Gasteiger partial charge in [0.05, 0.1) is 19.3 Å². The first-order valence-electron chi connectivity index (χ1n) is 4.60. The Balaban J connectivity index is 0.000000165. The average molecular weight is 195 g/mol. The second-order valence-corrected chi connectivity index (χ2v) is 3.12. The van der Waals surface area contributed by atoms with Gasteiger partial charge >= 0.3 is 5.97 Å². The lowest BCUT2D eigenvalue weighted by Crippen LogP contribution is -2.06. The van der Waals surface area contributed by atoms with Crippen LogP contribution in [0.4, 0.5) is 0 Å². The highest BCUT2D eigenvalue weighted by Crippen LogP contribution is 2.11. The second-order valence-electron chi connectivity index (χ2n) is 3.12. The predicted octanol–water partition coefficient (Wildman–Crippen LogP) is 1.18. The summed E-state index contributed by atoms with van der Waals surface area (Å²) in [6.45, 7) is 3.30. The fourth-order valence-electron chi connectivity index (χ4n) is 1.01. The van der Waals surface area contributed by atoms with Crippen LogP contribution in [0.25, 0.3) is 0 Å². The number of carbonyl (C=O) groups is 1. The summed E-state index contributed by atoms with van der Waals surface area (Å²) in [6.07, 6.45) is 3.42. The Morgan fingerprint density at radius 2 is 2.00 bits per heavy atom. The van der Waals surface area contributed by atoms with E-state index in [0.29, 0.717) is 0 Å². The van der Waals surface area contributed by atoms with Gasteiger partial charge in [-0.15, -0.1) is 0 Å². The number of epoxide rings is 1. The molecule has 2 rings (SSSR count). The van der Waals surface area contributed by atoms with E-state index in [4.69, 9.17) is 10.00 Å². The van der Waals surface area contributed by atoms with Crippen molar-refractivity contribution in [2.75, 3.05) is 13.2 Å². The van der Waals surface area contributed by atoms with Gasteiger partial charge in [0.15, 0.2) is 6.10 Å². The van der Waals surface area contributed by atoms with Crippen molar-refractivity contribution >= 4 is 5.97 Å². The smallest absolute Gasteiger partial charge is 0.347 e. The summed E-state index contributed by atoms with van der Waals surface area (Å²) in [4.78, 5) is 9.66. The Labute approximate surface area is 83.1 Å². The molecule has 76 valence electrons. The van der Waals surface area contributed by atoms with Crippen LogP contribution in [0.2, 0.25) is 0 Å². The van der Waals surface area contributed by atoms with Crippen molar-refractivity contribution in [1.82, 2.24) is 0 Å². The van der Waals surface area contributed by atoms with Crippen molar-refractivity contribution in [3.05, 3.63) is 11.6 Å². The van der Waals surface area contributed by atoms with Crippen LogP contribution in [0.15, 0.2) is 11.6 Å². The van der Waals surface area contributed by atoms with Crippen molar-refractivity contribution in [3.63, 3.8) is 0 Å². The molecule has 0 aliphatic carbocycles. The zero-order valence-electron chi connectivity index (χ0n) is 8.16. The lowest BCUT2D eigenvalue weighted by Gasteiger charge is -2.12. The molecule has 2 aliphatic rings. The third kappa shape index (κ3) is 4.06. The lowest BCUT2D eigenvalue weighted by molar-refractivity contribution is -0.117. The van der Waals surface area contributed by atoms with Gasteiger partial charge in [-0.3, -0.25) is 0 Å². The predicted molar refractivity (Wildman–Crippen MR) is 49.3 cm³/mol. The third-order valence-electron chi connectivity index (χ3n) is 1.97. The normalized spacial score (nSPS) is 23.9. The number of rotatable bonds is 0. The van der Waals surface area contributed by atoms with Crippen LogP contribution in [0.3, 0.4) is 0 Å². The van der Waals surface area contributed by atoms with E-state index in [1.54, 1.807) is 13.0 Å². The maximum atomic E-state index is 9.66. The Morgan fingerprint density at radius 1 is 1.50 bits per heavy atom. The van der Waals surface area contributed by atoms with E-state index >= 15 is 0 Å². The van der Waals surface area contributed by atoms with Gasteiger partial charge in [0.25, 0.3) is 0 Å². The molecular weight excluding hydrogens is 182 g/mol. The number of hydrogen-bond acceptors (Lipinski definition) is 4. The SMILES string of the molecule is CC1OC1=O.N#CC=C1CCOCC1. The van der Waals surface area contributed by atoms with E-state index in [1.807, 2.05) is 6.07 Å². The standard InChI is InChI=1S/C7H9NO.C3H4O2/c8-4-1-7-2-5-9-6-3-7;1-2-3(4)5-2/h1H,2-3,5-6H2;2H,1H3. The number of cyclic esters (lactones) is 1. The lowest BCUT2D eigenvalue weighted by atomic mass is 10.1. The fourth-order valence-corrected chi connectivity index (χ4v) is 1.01. The Bertz CT molecular complexity index is 270. The molecule has 0 radical (unpaired) electrons. The van der Waals surface area contributed by atoms with E-state index in [0.717, 1.165) is 26.1 Å². The maximum Gasteiger partial charge on any atom is 0.347 e. The van der Waals surface area contributed by atoms with Gasteiger partial charge in [-0.05, 0) is 19.8 Å². The van der Waals surface area contributed by atoms with E-state index < -0.39 is 0 Å². The highest BCUT2D eigenvalue weighted by atomic mass is 16.6. The summed E-state index contributed by atoms with van der Waals surface area (Å²) < 4.78 is 9.37. The average Bonchev–Trinajstić information content (AvgIpc) is 2.83. The number of nitriles is 1. The van der Waals surface area contributed by atoms with Crippen molar-refractivity contribution in [3.8, 4) is 6.07 Å². The second kappa shape index (κ2) is 5.40. The molecule has 2 saturated heterocycles. The summed E-state index contributed by atoms with van der Waals surface area (Å²) in [7, 11) is 0. The van der Waals surface area contributed by atoms with Crippen LogP contribution in [0.1, 0.15) is 19.8 Å². The molecule has 2 heterocycles. The molecule has 0 amide bonds. The summed E-state index contributed by atoms with van der Waals surface area (Å²) in [5, 5.41) is 8.25. The van der Waals surface area contributed by atoms with Crippen molar-refractivity contribution in [1.29, 1.82) is 5.26 Å². The van der Waals surface area contributed by atoms with Gasteiger partial charge < -0.3 is 9.47 Å². The molecule has 0 aromatic heterocycles. The molecule has 0 N–H and O–H groups in total. The Hall–Kier alpha value is -1.34. The first-order valence-corrected chi connectivity index (χ1v) is 4.60. The van der Waals surface area contributed by atoms with Gasteiger partial charge in [-0.2, -0.15) is 5.26 Å². The monoisotopic (exact) mass is 195 g/mol.